The van der Waals surface area contributed by atoms with Crippen LogP contribution in [0.1, 0.15) is 129 Å². The molecule has 1 aromatic rings. The van der Waals surface area contributed by atoms with Crippen LogP contribution >= 0.6 is 0 Å². The molecule has 0 amide bonds. The highest BCUT2D eigenvalue weighted by atomic mass is 16.5. The lowest BCUT2D eigenvalue weighted by atomic mass is 10.1. The van der Waals surface area contributed by atoms with Gasteiger partial charge in [0.1, 0.15) is 0 Å². The molecule has 1 N–H and O–H groups in total. The zero-order valence-electron chi connectivity index (χ0n) is 26.3. The van der Waals surface area contributed by atoms with Crippen LogP contribution in [-0.4, -0.2) is 36.2 Å². The number of allylic oxidation sites excluding steroid dienone is 1. The van der Waals surface area contributed by atoms with Gasteiger partial charge in [0.15, 0.2) is 0 Å². The zero-order valence-corrected chi connectivity index (χ0v) is 26.3. The minimum Gasteiger partial charge on any atom is -0.478 e. The fraction of sp³-hybridized carbons (Fsp3) is 0.583. The van der Waals surface area contributed by atoms with E-state index in [9.17, 15) is 14.4 Å². The molecule has 42 heavy (non-hydrogen) atoms. The molecule has 0 aliphatic rings. The number of unbranched alkanes of at least 4 members (excludes halogenated alkanes) is 14. The summed E-state index contributed by atoms with van der Waals surface area (Å²) in [6.45, 7) is 9.13. The number of benzene rings is 1. The van der Waals surface area contributed by atoms with Crippen LogP contribution in [0.25, 0.3) is 6.08 Å². The van der Waals surface area contributed by atoms with Crippen LogP contribution in [0.2, 0.25) is 0 Å². The van der Waals surface area contributed by atoms with Gasteiger partial charge in [0.25, 0.3) is 0 Å². The molecule has 0 heterocycles. The molecule has 236 valence electrons. The molecule has 0 spiro atoms. The lowest BCUT2D eigenvalue weighted by molar-refractivity contribution is -0.139. The number of ether oxygens (including phenoxy) is 2. The Labute approximate surface area is 255 Å². The third-order valence-corrected chi connectivity index (χ3v) is 6.60. The first-order valence-corrected chi connectivity index (χ1v) is 16.0. The van der Waals surface area contributed by atoms with Crippen molar-refractivity contribution in [1.29, 1.82) is 0 Å². The monoisotopic (exact) mass is 584 g/mol. The Balaban J connectivity index is 0.000000903. The summed E-state index contributed by atoms with van der Waals surface area (Å²) < 4.78 is 10.1. The van der Waals surface area contributed by atoms with Crippen LogP contribution < -0.4 is 0 Å². The second kappa shape index (κ2) is 29.3. The van der Waals surface area contributed by atoms with E-state index in [2.05, 4.69) is 20.4 Å². The number of carboxylic acid groups (broad SMARTS) is 1. The molecule has 0 unspecified atom stereocenters. The Morgan fingerprint density at radius 3 is 1.67 bits per heavy atom. The van der Waals surface area contributed by atoms with E-state index in [-0.39, 0.29) is 5.97 Å². The summed E-state index contributed by atoms with van der Waals surface area (Å²) in [4.78, 5) is 32.9. The van der Waals surface area contributed by atoms with Crippen molar-refractivity contribution in [3.63, 3.8) is 0 Å². The largest absolute Gasteiger partial charge is 0.478 e. The van der Waals surface area contributed by atoms with E-state index in [1.807, 2.05) is 42.5 Å². The number of hydrogen-bond acceptors (Lipinski definition) is 5. The zero-order chi connectivity index (χ0) is 31.1. The summed E-state index contributed by atoms with van der Waals surface area (Å²) in [5.41, 5.74) is 1.64. The van der Waals surface area contributed by atoms with Crippen molar-refractivity contribution in [3.05, 3.63) is 66.3 Å². The van der Waals surface area contributed by atoms with E-state index in [0.717, 1.165) is 49.8 Å². The molecule has 0 aromatic heterocycles. The quantitative estimate of drug-likeness (QED) is 0.0739. The average molecular weight is 585 g/mol. The van der Waals surface area contributed by atoms with E-state index in [1.165, 1.54) is 70.6 Å². The SMILES string of the molecule is C=C(CC=Cc1ccccc1)C(=O)OCCCCCCCCCCCC.CCCCCCCCOC(=O)/C=C\C(=O)O. The van der Waals surface area contributed by atoms with Crippen LogP contribution in [-0.2, 0) is 23.9 Å². The molecule has 1 rings (SSSR count). The van der Waals surface area contributed by atoms with E-state index in [4.69, 9.17) is 14.6 Å². The summed E-state index contributed by atoms with van der Waals surface area (Å²) >= 11 is 0. The molecule has 0 saturated carbocycles. The van der Waals surface area contributed by atoms with Gasteiger partial charge in [-0.1, -0.05) is 153 Å². The van der Waals surface area contributed by atoms with Crippen LogP contribution in [0.3, 0.4) is 0 Å². The molecule has 1 aromatic carbocycles. The minimum absolute atomic E-state index is 0.265. The van der Waals surface area contributed by atoms with Gasteiger partial charge in [-0.3, -0.25) is 0 Å². The smallest absolute Gasteiger partial charge is 0.333 e. The average Bonchev–Trinajstić information content (AvgIpc) is 2.99. The minimum atomic E-state index is -1.14. The molecule has 6 heteroatoms. The predicted octanol–water partition coefficient (Wildman–Crippen LogP) is 9.64. The summed E-state index contributed by atoms with van der Waals surface area (Å²) in [6.07, 6.45) is 25.8. The van der Waals surface area contributed by atoms with E-state index in [1.54, 1.807) is 0 Å². The Bertz CT molecular complexity index is 887. The second-order valence-corrected chi connectivity index (χ2v) is 10.5. The molecule has 0 aliphatic heterocycles. The lowest BCUT2D eigenvalue weighted by Crippen LogP contribution is -2.07. The van der Waals surface area contributed by atoms with Crippen molar-refractivity contribution in [3.8, 4) is 0 Å². The summed E-state index contributed by atoms with van der Waals surface area (Å²) in [5, 5.41) is 8.26. The van der Waals surface area contributed by atoms with E-state index < -0.39 is 11.9 Å². The molecule has 6 nitrogen and oxygen atoms in total. The number of carbonyl (C=O) groups excluding carboxylic acids is 2. The standard InChI is InChI=1S/C24H36O2.C12H20O4/c1-3-4-5-6-7-8-9-10-11-15-21-26-24(25)22(2)17-16-20-23-18-13-12-14-19-23;1-2-3-4-5-6-7-10-16-12(15)9-8-11(13)14/h12-14,16,18-20H,2-11,15,17,21H2,1H3;8-9H,2-7,10H2,1H3,(H,13,14)/b;9-8-. The number of rotatable bonds is 24. The fourth-order valence-corrected chi connectivity index (χ4v) is 4.08. The fourth-order valence-electron chi connectivity index (χ4n) is 4.08. The Morgan fingerprint density at radius 1 is 0.690 bits per heavy atom. The van der Waals surface area contributed by atoms with E-state index >= 15 is 0 Å². The van der Waals surface area contributed by atoms with Crippen molar-refractivity contribution >= 4 is 24.0 Å². The van der Waals surface area contributed by atoms with Crippen molar-refractivity contribution < 1.29 is 29.0 Å². The van der Waals surface area contributed by atoms with Gasteiger partial charge in [0.05, 0.1) is 13.2 Å². The molecule has 0 radical (unpaired) electrons. The normalized spacial score (nSPS) is 10.8. The van der Waals surface area contributed by atoms with Crippen LogP contribution in [0.5, 0.6) is 0 Å². The number of esters is 2. The van der Waals surface area contributed by atoms with Crippen molar-refractivity contribution in [2.45, 2.75) is 123 Å². The van der Waals surface area contributed by atoms with Gasteiger partial charge in [0, 0.05) is 17.7 Å². The summed E-state index contributed by atoms with van der Waals surface area (Å²) in [6, 6.07) is 10.0. The summed E-state index contributed by atoms with van der Waals surface area (Å²) in [5.74, 6) is -1.99. The Hall–Kier alpha value is -3.15. The maximum Gasteiger partial charge on any atom is 0.333 e. The highest BCUT2D eigenvalue weighted by Gasteiger charge is 2.06. The highest BCUT2D eigenvalue weighted by Crippen LogP contribution is 2.11. The Morgan fingerprint density at radius 2 is 1.17 bits per heavy atom. The number of carboxylic acids is 1. The van der Waals surface area contributed by atoms with Crippen molar-refractivity contribution in [1.82, 2.24) is 0 Å². The van der Waals surface area contributed by atoms with Crippen molar-refractivity contribution in [2.24, 2.45) is 0 Å². The maximum atomic E-state index is 11.9. The highest BCUT2D eigenvalue weighted by molar-refractivity contribution is 5.90. The molecular weight excluding hydrogens is 528 g/mol. The van der Waals surface area contributed by atoms with Gasteiger partial charge < -0.3 is 14.6 Å². The third kappa shape index (κ3) is 27.0. The van der Waals surface area contributed by atoms with E-state index in [0.29, 0.717) is 25.2 Å². The van der Waals surface area contributed by atoms with Crippen molar-refractivity contribution in [2.75, 3.05) is 13.2 Å². The first-order valence-electron chi connectivity index (χ1n) is 16.0. The Kier molecular flexibility index (Phi) is 27.1. The molecule has 0 aliphatic carbocycles. The van der Waals surface area contributed by atoms with Gasteiger partial charge in [0.2, 0.25) is 0 Å². The lowest BCUT2D eigenvalue weighted by Gasteiger charge is -2.06. The van der Waals surface area contributed by atoms with Crippen LogP contribution in [0.15, 0.2) is 60.7 Å². The second-order valence-electron chi connectivity index (χ2n) is 10.5. The molecular formula is C36H56O6. The van der Waals surface area contributed by atoms with Gasteiger partial charge in [-0.05, 0) is 24.8 Å². The predicted molar refractivity (Wildman–Crippen MR) is 173 cm³/mol. The molecule has 0 fully saturated rings. The van der Waals surface area contributed by atoms with Crippen LogP contribution in [0, 0.1) is 0 Å². The van der Waals surface area contributed by atoms with Gasteiger partial charge >= 0.3 is 17.9 Å². The molecule has 0 bridgehead atoms. The number of hydrogen-bond donors (Lipinski definition) is 1. The van der Waals surface area contributed by atoms with Gasteiger partial charge in [-0.15, -0.1) is 0 Å². The molecule has 0 atom stereocenters. The first kappa shape index (κ1) is 38.9. The van der Waals surface area contributed by atoms with Gasteiger partial charge in [-0.25, -0.2) is 14.4 Å². The van der Waals surface area contributed by atoms with Crippen LogP contribution in [0.4, 0.5) is 0 Å². The number of aliphatic carboxylic acids is 1. The first-order chi connectivity index (χ1) is 20.4. The number of carbonyl (C=O) groups is 3. The topological polar surface area (TPSA) is 89.9 Å². The molecule has 0 saturated heterocycles. The maximum absolute atomic E-state index is 11.9. The van der Waals surface area contributed by atoms with Gasteiger partial charge in [-0.2, -0.15) is 0 Å². The third-order valence-electron chi connectivity index (χ3n) is 6.60. The summed E-state index contributed by atoms with van der Waals surface area (Å²) in [7, 11) is 0.